The van der Waals surface area contributed by atoms with Crippen molar-refractivity contribution in [1.29, 1.82) is 0 Å². The van der Waals surface area contributed by atoms with E-state index in [1.807, 2.05) is 0 Å². The third kappa shape index (κ3) is 4.40. The summed E-state index contributed by atoms with van der Waals surface area (Å²) in [6, 6.07) is 3.07. The van der Waals surface area contributed by atoms with E-state index >= 15 is 0 Å². The second-order valence-corrected chi connectivity index (χ2v) is 5.80. The van der Waals surface area contributed by atoms with Crippen LogP contribution in [-0.2, 0) is 9.59 Å². The van der Waals surface area contributed by atoms with Gasteiger partial charge in [0.05, 0.1) is 5.92 Å². The van der Waals surface area contributed by atoms with Crippen LogP contribution in [0.1, 0.15) is 26.7 Å². The predicted octanol–water partition coefficient (Wildman–Crippen LogP) is 2.44. The van der Waals surface area contributed by atoms with E-state index in [9.17, 15) is 18.4 Å². The van der Waals surface area contributed by atoms with Crippen LogP contribution in [0.5, 0.6) is 5.75 Å². The van der Waals surface area contributed by atoms with Crippen LogP contribution < -0.4 is 4.74 Å². The molecule has 2 unspecified atom stereocenters. The Hall–Kier alpha value is -2.18. The highest BCUT2D eigenvalue weighted by Gasteiger charge is 2.36. The number of rotatable bonds is 7. The lowest BCUT2D eigenvalue weighted by Gasteiger charge is -2.27. The van der Waals surface area contributed by atoms with Gasteiger partial charge in [-0.15, -0.1) is 0 Å². The highest BCUT2D eigenvalue weighted by Crippen LogP contribution is 2.29. The van der Waals surface area contributed by atoms with Crippen molar-refractivity contribution in [2.45, 2.75) is 38.8 Å². The maximum absolute atomic E-state index is 13.2. The lowest BCUT2D eigenvalue weighted by molar-refractivity contribution is -0.145. The van der Waals surface area contributed by atoms with Gasteiger partial charge in [0.1, 0.15) is 5.75 Å². The van der Waals surface area contributed by atoms with Gasteiger partial charge in [-0.3, -0.25) is 9.59 Å². The molecule has 1 aromatic carbocycles. The number of hydrogen-bond donors (Lipinski definition) is 1. The molecule has 5 nitrogen and oxygen atoms in total. The molecular formula is C16H19F2NO4. The molecule has 1 N–H and O–H groups in total. The van der Waals surface area contributed by atoms with Crippen LogP contribution in [0.25, 0.3) is 0 Å². The van der Waals surface area contributed by atoms with Crippen molar-refractivity contribution in [2.24, 2.45) is 5.92 Å². The quantitative estimate of drug-likeness (QED) is 0.835. The van der Waals surface area contributed by atoms with E-state index in [4.69, 9.17) is 9.84 Å². The largest absolute Gasteiger partial charge is 0.481 e. The zero-order valence-electron chi connectivity index (χ0n) is 13.0. The molecule has 1 saturated carbocycles. The van der Waals surface area contributed by atoms with E-state index in [2.05, 4.69) is 0 Å². The number of carbonyl (C=O) groups is 2. The summed E-state index contributed by atoms with van der Waals surface area (Å²) in [5.41, 5.74) is 0. The van der Waals surface area contributed by atoms with Crippen LogP contribution >= 0.6 is 0 Å². The Morgan fingerprint density at radius 1 is 1.30 bits per heavy atom. The molecule has 0 aliphatic heterocycles. The second-order valence-electron chi connectivity index (χ2n) is 5.80. The lowest BCUT2D eigenvalue weighted by atomic mass is 10.1. The summed E-state index contributed by atoms with van der Waals surface area (Å²) >= 11 is 0. The standard InChI is InChI=1S/C16H19F2NO4/c1-9(16(21)22)8-19(11-3-4-11)15(20)10(2)23-12-5-6-13(17)14(18)7-12/h5-7,9-11H,3-4,8H2,1-2H3,(H,21,22). The summed E-state index contributed by atoms with van der Waals surface area (Å²) in [5, 5.41) is 9.00. The molecule has 0 heterocycles. The molecule has 0 radical (unpaired) electrons. The van der Waals surface area contributed by atoms with Gasteiger partial charge in [0.15, 0.2) is 17.7 Å². The molecule has 0 aromatic heterocycles. The first-order chi connectivity index (χ1) is 10.8. The molecule has 2 rings (SSSR count). The SMILES string of the molecule is CC(CN(C(=O)C(C)Oc1ccc(F)c(F)c1)C1CC1)C(=O)O. The topological polar surface area (TPSA) is 66.8 Å². The molecule has 7 heteroatoms. The van der Waals surface area contributed by atoms with Crippen LogP contribution in [0.3, 0.4) is 0 Å². The number of halogens is 2. The zero-order valence-corrected chi connectivity index (χ0v) is 13.0. The molecule has 126 valence electrons. The fourth-order valence-corrected chi connectivity index (χ4v) is 2.22. The Bertz CT molecular complexity index is 604. The molecule has 1 aromatic rings. The highest BCUT2D eigenvalue weighted by molar-refractivity contribution is 5.82. The lowest BCUT2D eigenvalue weighted by Crippen LogP contribution is -2.45. The number of nitrogens with zero attached hydrogens (tertiary/aromatic N) is 1. The van der Waals surface area contributed by atoms with Crippen LogP contribution in [-0.4, -0.2) is 40.6 Å². The zero-order chi connectivity index (χ0) is 17.1. The van der Waals surface area contributed by atoms with Gasteiger partial charge in [0.25, 0.3) is 5.91 Å². The van der Waals surface area contributed by atoms with Crippen LogP contribution in [0, 0.1) is 17.6 Å². The number of hydrogen-bond acceptors (Lipinski definition) is 3. The van der Waals surface area contributed by atoms with E-state index < -0.39 is 29.6 Å². The monoisotopic (exact) mass is 327 g/mol. The minimum Gasteiger partial charge on any atom is -0.481 e. The Kier molecular flexibility index (Phi) is 5.18. The van der Waals surface area contributed by atoms with E-state index in [0.29, 0.717) is 0 Å². The number of benzene rings is 1. The molecule has 1 fully saturated rings. The fraction of sp³-hybridized carbons (Fsp3) is 0.500. The minimum absolute atomic E-state index is 0.0281. The number of ether oxygens (including phenoxy) is 1. The first-order valence-corrected chi connectivity index (χ1v) is 7.44. The summed E-state index contributed by atoms with van der Waals surface area (Å²) in [5.74, 6) is -4.02. The Morgan fingerprint density at radius 2 is 1.96 bits per heavy atom. The molecule has 1 aliphatic carbocycles. The van der Waals surface area contributed by atoms with Crippen LogP contribution in [0.2, 0.25) is 0 Å². The van der Waals surface area contributed by atoms with E-state index in [1.165, 1.54) is 24.8 Å². The van der Waals surface area contributed by atoms with Crippen molar-refractivity contribution in [1.82, 2.24) is 4.90 Å². The normalized spacial score (nSPS) is 16.5. The van der Waals surface area contributed by atoms with E-state index in [1.54, 1.807) is 0 Å². The Balaban J connectivity index is 2.03. The first-order valence-electron chi connectivity index (χ1n) is 7.44. The summed E-state index contributed by atoms with van der Waals surface area (Å²) < 4.78 is 31.4. The third-order valence-corrected chi connectivity index (χ3v) is 3.71. The molecule has 23 heavy (non-hydrogen) atoms. The number of amides is 1. The average molecular weight is 327 g/mol. The van der Waals surface area contributed by atoms with Gasteiger partial charge < -0.3 is 14.7 Å². The van der Waals surface area contributed by atoms with Crippen LogP contribution in [0.15, 0.2) is 18.2 Å². The van der Waals surface area contributed by atoms with Gasteiger partial charge >= 0.3 is 5.97 Å². The van der Waals surface area contributed by atoms with Crippen LogP contribution in [0.4, 0.5) is 8.78 Å². The van der Waals surface area contributed by atoms with Crippen molar-refractivity contribution in [3.8, 4) is 5.75 Å². The molecule has 0 spiro atoms. The van der Waals surface area contributed by atoms with E-state index in [0.717, 1.165) is 25.0 Å². The highest BCUT2D eigenvalue weighted by atomic mass is 19.2. The summed E-state index contributed by atoms with van der Waals surface area (Å²) in [4.78, 5) is 25.0. The Labute approximate surface area is 132 Å². The van der Waals surface area contributed by atoms with Gasteiger partial charge in [-0.1, -0.05) is 6.92 Å². The Morgan fingerprint density at radius 3 is 2.48 bits per heavy atom. The maximum Gasteiger partial charge on any atom is 0.308 e. The molecular weight excluding hydrogens is 308 g/mol. The number of carboxylic acids is 1. The van der Waals surface area contributed by atoms with Gasteiger partial charge in [-0.2, -0.15) is 0 Å². The van der Waals surface area contributed by atoms with Gasteiger partial charge in [0.2, 0.25) is 0 Å². The fourth-order valence-electron chi connectivity index (χ4n) is 2.22. The third-order valence-electron chi connectivity index (χ3n) is 3.71. The van der Waals surface area contributed by atoms with Gasteiger partial charge in [0, 0.05) is 18.7 Å². The molecule has 1 amide bonds. The average Bonchev–Trinajstić information content (AvgIpc) is 3.32. The van der Waals surface area contributed by atoms with Crippen molar-refractivity contribution in [3.05, 3.63) is 29.8 Å². The van der Waals surface area contributed by atoms with E-state index in [-0.39, 0.29) is 24.2 Å². The number of carbonyl (C=O) groups excluding carboxylic acids is 1. The van der Waals surface area contributed by atoms with Gasteiger partial charge in [-0.25, -0.2) is 8.78 Å². The van der Waals surface area contributed by atoms with Crippen molar-refractivity contribution >= 4 is 11.9 Å². The summed E-state index contributed by atoms with van der Waals surface area (Å²) in [6.07, 6.45) is 0.743. The first kappa shape index (κ1) is 17.2. The summed E-state index contributed by atoms with van der Waals surface area (Å²) in [7, 11) is 0. The molecule has 2 atom stereocenters. The predicted molar refractivity (Wildman–Crippen MR) is 78.0 cm³/mol. The maximum atomic E-state index is 13.2. The number of carboxylic acid groups (broad SMARTS) is 1. The number of aliphatic carboxylic acids is 1. The minimum atomic E-state index is -1.05. The second kappa shape index (κ2) is 6.93. The molecule has 0 bridgehead atoms. The molecule has 1 aliphatic rings. The van der Waals surface area contributed by atoms with Crippen molar-refractivity contribution in [2.75, 3.05) is 6.54 Å². The van der Waals surface area contributed by atoms with Gasteiger partial charge in [-0.05, 0) is 31.9 Å². The van der Waals surface area contributed by atoms with Crippen molar-refractivity contribution < 1.29 is 28.2 Å². The van der Waals surface area contributed by atoms with Crippen molar-refractivity contribution in [3.63, 3.8) is 0 Å². The molecule has 0 saturated heterocycles. The smallest absolute Gasteiger partial charge is 0.308 e. The summed E-state index contributed by atoms with van der Waals surface area (Å²) in [6.45, 7) is 3.14.